The third-order valence-corrected chi connectivity index (χ3v) is 3.61. The van der Waals surface area contributed by atoms with Crippen LogP contribution in [0.1, 0.15) is 20.0 Å². The maximum Gasteiger partial charge on any atom is 0.279 e. The van der Waals surface area contributed by atoms with Gasteiger partial charge in [0.15, 0.2) is 0 Å². The molecule has 5 nitrogen and oxygen atoms in total. The van der Waals surface area contributed by atoms with Crippen LogP contribution < -0.4 is 15.6 Å². The number of halogens is 1. The van der Waals surface area contributed by atoms with Gasteiger partial charge in [0.05, 0.1) is 17.0 Å². The van der Waals surface area contributed by atoms with Gasteiger partial charge in [0.1, 0.15) is 5.75 Å². The number of hydrazine groups is 1. The second-order valence-electron chi connectivity index (χ2n) is 3.73. The molecule has 1 aromatic heterocycles. The lowest BCUT2D eigenvalue weighted by molar-refractivity contribution is 0.0849. The van der Waals surface area contributed by atoms with Crippen LogP contribution in [0.3, 0.4) is 0 Å². The van der Waals surface area contributed by atoms with Gasteiger partial charge in [0.25, 0.3) is 11.8 Å². The van der Waals surface area contributed by atoms with Crippen LogP contribution in [-0.2, 0) is 0 Å². The summed E-state index contributed by atoms with van der Waals surface area (Å²) in [6, 6.07) is 8.02. The summed E-state index contributed by atoms with van der Waals surface area (Å²) in [5, 5.41) is 2.10. The van der Waals surface area contributed by atoms with Crippen molar-refractivity contribution < 1.29 is 14.3 Å². The molecule has 1 aromatic carbocycles. The molecule has 0 spiro atoms. The summed E-state index contributed by atoms with van der Waals surface area (Å²) >= 11 is 7.21. The fourth-order valence-electron chi connectivity index (χ4n) is 1.46. The number of carbonyl (C=O) groups excluding carboxylic acids is 2. The Morgan fingerprint density at radius 2 is 1.95 bits per heavy atom. The highest BCUT2D eigenvalue weighted by Gasteiger charge is 2.11. The lowest BCUT2D eigenvalue weighted by Crippen LogP contribution is -2.41. The first-order valence-corrected chi connectivity index (χ1v) is 6.85. The van der Waals surface area contributed by atoms with Crippen molar-refractivity contribution in [3.05, 3.63) is 51.2 Å². The molecule has 0 atom stereocenters. The van der Waals surface area contributed by atoms with Gasteiger partial charge in [0, 0.05) is 5.56 Å². The maximum atomic E-state index is 11.8. The van der Waals surface area contributed by atoms with Gasteiger partial charge < -0.3 is 4.74 Å². The van der Waals surface area contributed by atoms with E-state index in [9.17, 15) is 9.59 Å². The number of amides is 2. The summed E-state index contributed by atoms with van der Waals surface area (Å²) in [6.45, 7) is 0. The highest BCUT2D eigenvalue weighted by molar-refractivity contribution is 7.12. The van der Waals surface area contributed by atoms with E-state index in [1.54, 1.807) is 29.6 Å². The summed E-state index contributed by atoms with van der Waals surface area (Å²) in [6.07, 6.45) is 0. The fourth-order valence-corrected chi connectivity index (χ4v) is 2.34. The van der Waals surface area contributed by atoms with E-state index in [1.165, 1.54) is 24.5 Å². The van der Waals surface area contributed by atoms with Gasteiger partial charge in [-0.15, -0.1) is 11.3 Å². The number of rotatable bonds is 3. The molecule has 0 aliphatic carbocycles. The van der Waals surface area contributed by atoms with Crippen LogP contribution in [0.25, 0.3) is 0 Å². The summed E-state index contributed by atoms with van der Waals surface area (Å²) in [4.78, 5) is 24.0. The third-order valence-electron chi connectivity index (χ3n) is 2.45. The van der Waals surface area contributed by atoms with Crippen LogP contribution in [0, 0.1) is 0 Å². The third kappa shape index (κ3) is 3.28. The Balaban J connectivity index is 1.98. The number of methoxy groups -OCH3 is 1. The molecule has 0 unspecified atom stereocenters. The van der Waals surface area contributed by atoms with Crippen molar-refractivity contribution in [1.82, 2.24) is 10.9 Å². The SMILES string of the molecule is COc1ccc(C(=O)NNC(=O)c2cccs2)cc1Cl. The fraction of sp³-hybridized carbons (Fsp3) is 0.0769. The molecule has 7 heteroatoms. The predicted octanol–water partition coefficient (Wildman–Crippen LogP) is 2.48. The second kappa shape index (κ2) is 6.40. The maximum absolute atomic E-state index is 11.8. The van der Waals surface area contributed by atoms with Gasteiger partial charge in [-0.3, -0.25) is 20.4 Å². The Morgan fingerprint density at radius 1 is 1.20 bits per heavy atom. The molecule has 104 valence electrons. The van der Waals surface area contributed by atoms with Crippen LogP contribution in [0.15, 0.2) is 35.7 Å². The van der Waals surface area contributed by atoms with Gasteiger partial charge in [-0.25, -0.2) is 0 Å². The van der Waals surface area contributed by atoms with E-state index in [0.29, 0.717) is 21.2 Å². The number of benzene rings is 1. The van der Waals surface area contributed by atoms with E-state index in [2.05, 4.69) is 10.9 Å². The first kappa shape index (κ1) is 14.4. The first-order valence-electron chi connectivity index (χ1n) is 5.59. The molecule has 2 rings (SSSR count). The summed E-state index contributed by atoms with van der Waals surface area (Å²) in [5.74, 6) is -0.349. The lowest BCUT2D eigenvalue weighted by atomic mass is 10.2. The first-order chi connectivity index (χ1) is 9.61. The van der Waals surface area contributed by atoms with Crippen molar-refractivity contribution in [3.63, 3.8) is 0 Å². The molecular weight excluding hydrogens is 300 g/mol. The molecule has 20 heavy (non-hydrogen) atoms. The van der Waals surface area contributed by atoms with Gasteiger partial charge in [-0.2, -0.15) is 0 Å². The zero-order chi connectivity index (χ0) is 14.5. The summed E-state index contributed by atoms with van der Waals surface area (Å²) in [5.41, 5.74) is 4.97. The molecule has 0 fully saturated rings. The van der Waals surface area contributed by atoms with Crippen LogP contribution in [0.5, 0.6) is 5.75 Å². The summed E-state index contributed by atoms with van der Waals surface area (Å²) in [7, 11) is 1.49. The van der Waals surface area contributed by atoms with Crippen molar-refractivity contribution in [3.8, 4) is 5.75 Å². The van der Waals surface area contributed by atoms with Crippen LogP contribution >= 0.6 is 22.9 Å². The average molecular weight is 311 g/mol. The standard InChI is InChI=1S/C13H11ClN2O3S/c1-19-10-5-4-8(7-9(10)14)12(17)15-16-13(18)11-3-2-6-20-11/h2-7H,1H3,(H,15,17)(H,16,18). The molecule has 0 saturated heterocycles. The van der Waals surface area contributed by atoms with Crippen molar-refractivity contribution in [2.75, 3.05) is 7.11 Å². The van der Waals surface area contributed by atoms with E-state index < -0.39 is 5.91 Å². The average Bonchev–Trinajstić information content (AvgIpc) is 2.98. The smallest absolute Gasteiger partial charge is 0.279 e. The normalized spacial score (nSPS) is 9.90. The van der Waals surface area contributed by atoms with Gasteiger partial charge >= 0.3 is 0 Å². The van der Waals surface area contributed by atoms with E-state index in [1.807, 2.05) is 0 Å². The largest absolute Gasteiger partial charge is 0.495 e. The van der Waals surface area contributed by atoms with Gasteiger partial charge in [0.2, 0.25) is 0 Å². The quantitative estimate of drug-likeness (QED) is 0.856. The van der Waals surface area contributed by atoms with Crippen molar-refractivity contribution in [1.29, 1.82) is 0 Å². The number of hydrogen-bond acceptors (Lipinski definition) is 4. The van der Waals surface area contributed by atoms with Crippen molar-refractivity contribution >= 4 is 34.8 Å². The van der Waals surface area contributed by atoms with Crippen molar-refractivity contribution in [2.24, 2.45) is 0 Å². The number of carbonyl (C=O) groups is 2. The number of ether oxygens (including phenoxy) is 1. The van der Waals surface area contributed by atoms with Crippen LogP contribution in [-0.4, -0.2) is 18.9 Å². The Morgan fingerprint density at radius 3 is 2.55 bits per heavy atom. The Bertz CT molecular complexity index is 629. The predicted molar refractivity (Wildman–Crippen MR) is 77.3 cm³/mol. The number of nitrogens with one attached hydrogen (secondary N) is 2. The van der Waals surface area contributed by atoms with Gasteiger partial charge in [-0.05, 0) is 29.6 Å². The molecule has 0 saturated carbocycles. The molecule has 0 aliphatic heterocycles. The number of hydrogen-bond donors (Lipinski definition) is 2. The van der Waals surface area contributed by atoms with E-state index in [0.717, 1.165) is 0 Å². The highest BCUT2D eigenvalue weighted by Crippen LogP contribution is 2.24. The van der Waals surface area contributed by atoms with E-state index >= 15 is 0 Å². The second-order valence-corrected chi connectivity index (χ2v) is 5.09. The summed E-state index contributed by atoms with van der Waals surface area (Å²) < 4.78 is 4.99. The van der Waals surface area contributed by atoms with Crippen molar-refractivity contribution in [2.45, 2.75) is 0 Å². The zero-order valence-electron chi connectivity index (χ0n) is 10.5. The minimum absolute atomic E-state index is 0.322. The Kier molecular flexibility index (Phi) is 4.60. The molecule has 2 aromatic rings. The molecule has 0 bridgehead atoms. The molecule has 2 N–H and O–H groups in total. The van der Waals surface area contributed by atoms with E-state index in [4.69, 9.17) is 16.3 Å². The Labute approximate surface area is 124 Å². The monoisotopic (exact) mass is 310 g/mol. The minimum atomic E-state index is -0.459. The molecule has 0 radical (unpaired) electrons. The van der Waals surface area contributed by atoms with Crippen LogP contribution in [0.2, 0.25) is 5.02 Å². The molecule has 1 heterocycles. The lowest BCUT2D eigenvalue weighted by Gasteiger charge is -2.08. The number of thiophene rings is 1. The zero-order valence-corrected chi connectivity index (χ0v) is 12.0. The van der Waals surface area contributed by atoms with E-state index in [-0.39, 0.29) is 5.91 Å². The highest BCUT2D eigenvalue weighted by atomic mass is 35.5. The minimum Gasteiger partial charge on any atom is -0.495 e. The molecule has 0 aliphatic rings. The topological polar surface area (TPSA) is 67.4 Å². The molecule has 2 amide bonds. The van der Waals surface area contributed by atoms with Crippen LogP contribution in [0.4, 0.5) is 0 Å². The molecular formula is C13H11ClN2O3S. The Hall–Kier alpha value is -2.05. The van der Waals surface area contributed by atoms with Gasteiger partial charge in [-0.1, -0.05) is 17.7 Å².